The van der Waals surface area contributed by atoms with Gasteiger partial charge in [-0.25, -0.2) is 19.4 Å². The summed E-state index contributed by atoms with van der Waals surface area (Å²) in [6, 6.07) is 7.96. The minimum Gasteiger partial charge on any atom is -0.476 e. The zero-order valence-corrected chi connectivity index (χ0v) is 23.4. The molecular weight excluding hydrogens is 506 g/mol. The van der Waals surface area contributed by atoms with Gasteiger partial charge in [-0.15, -0.1) is 5.10 Å². The van der Waals surface area contributed by atoms with E-state index in [1.54, 1.807) is 16.8 Å². The molecule has 0 unspecified atom stereocenters. The Morgan fingerprint density at radius 2 is 2.03 bits per heavy atom. The first-order valence-electron chi connectivity index (χ1n) is 12.5. The van der Waals surface area contributed by atoms with Crippen molar-refractivity contribution in [1.29, 1.82) is 0 Å². The fourth-order valence-electron chi connectivity index (χ4n) is 4.75. The van der Waals surface area contributed by atoms with E-state index in [1.807, 2.05) is 17.9 Å². The number of carbonyl (C=O) groups excluding carboxylic acids is 1. The highest BCUT2D eigenvalue weighted by molar-refractivity contribution is 7.90. The first-order chi connectivity index (χ1) is 17.8. The number of carbonyl (C=O) groups is 1. The largest absolute Gasteiger partial charge is 0.476 e. The van der Waals surface area contributed by atoms with Crippen LogP contribution in [0, 0.1) is 18.8 Å². The minimum absolute atomic E-state index is 0.0550. The summed E-state index contributed by atoms with van der Waals surface area (Å²) >= 11 is 0. The van der Waals surface area contributed by atoms with Crippen LogP contribution in [0.3, 0.4) is 0 Å². The maximum Gasteiger partial charge on any atom is 0.283 e. The summed E-state index contributed by atoms with van der Waals surface area (Å²) in [7, 11) is -4.31. The molecule has 3 aromatic heterocycles. The Morgan fingerprint density at radius 3 is 2.66 bits per heavy atom. The predicted molar refractivity (Wildman–Crippen MR) is 145 cm³/mol. The fraction of sp³-hybridized carbons (Fsp3) is 0.462. The van der Waals surface area contributed by atoms with Crippen molar-refractivity contribution in [2.75, 3.05) is 23.8 Å². The number of hydrogen-bond donors (Lipinski definition) is 2. The molecule has 0 radical (unpaired) electrons. The van der Waals surface area contributed by atoms with Crippen molar-refractivity contribution in [1.82, 2.24) is 24.5 Å². The highest BCUT2D eigenvalue weighted by Gasteiger charge is 2.39. The monoisotopic (exact) mass is 541 g/mol. The van der Waals surface area contributed by atoms with E-state index in [-0.39, 0.29) is 16.8 Å². The molecule has 0 aromatic carbocycles. The smallest absolute Gasteiger partial charge is 0.283 e. The Morgan fingerprint density at radius 1 is 1.29 bits per heavy atom. The lowest BCUT2D eigenvalue weighted by Gasteiger charge is -2.34. The normalized spacial score (nSPS) is 17.1. The maximum absolute atomic E-state index is 13.4. The van der Waals surface area contributed by atoms with Crippen molar-refractivity contribution in [2.45, 2.75) is 58.5 Å². The molecule has 204 valence electrons. The molecule has 4 rings (SSSR count). The Hall–Kier alpha value is -3.67. The molecule has 4 heterocycles. The van der Waals surface area contributed by atoms with Crippen LogP contribution in [-0.2, 0) is 10.0 Å². The van der Waals surface area contributed by atoms with Crippen LogP contribution in [0.1, 0.15) is 57.1 Å². The van der Waals surface area contributed by atoms with Gasteiger partial charge in [-0.05, 0) is 63.3 Å². The number of nitrogen functional groups attached to an aromatic ring is 1. The number of hydrogen-bond acceptors (Lipinski definition) is 9. The predicted octanol–water partition coefficient (Wildman–Crippen LogP) is 3.33. The lowest BCUT2D eigenvalue weighted by molar-refractivity contribution is 0.0981. The summed E-state index contributed by atoms with van der Waals surface area (Å²) in [5.41, 5.74) is 6.37. The van der Waals surface area contributed by atoms with Crippen molar-refractivity contribution in [2.24, 2.45) is 11.8 Å². The topological polar surface area (TPSA) is 145 Å². The number of anilines is 2. The minimum atomic E-state index is -4.31. The standard InChI is InChI=1S/C26H35N7O4S/c1-16(2)15-37-22-12-18(4)33(30-22)21-10-9-19(23(29-21)32-14-17(3)13-26(32,5)6)24(34)31-38(35,36)25-20(27)8-7-11-28-25/h7-12,16-17H,13-15,27H2,1-6H3,(H,31,34)/t17-/m0/s1. The number of pyridine rings is 2. The van der Waals surface area contributed by atoms with Crippen molar-refractivity contribution >= 4 is 27.4 Å². The third-order valence-corrected chi connectivity index (χ3v) is 7.67. The summed E-state index contributed by atoms with van der Waals surface area (Å²) in [6.07, 6.45) is 2.19. The average molecular weight is 542 g/mol. The van der Waals surface area contributed by atoms with Gasteiger partial charge in [-0.2, -0.15) is 8.42 Å². The van der Waals surface area contributed by atoms with E-state index in [4.69, 9.17) is 15.5 Å². The van der Waals surface area contributed by atoms with E-state index in [9.17, 15) is 13.2 Å². The summed E-state index contributed by atoms with van der Waals surface area (Å²) in [5.74, 6) is 1.22. The Labute approximate surface area is 223 Å². The van der Waals surface area contributed by atoms with Gasteiger partial charge in [0.15, 0.2) is 10.8 Å². The molecule has 0 saturated carbocycles. The van der Waals surface area contributed by atoms with Crippen molar-refractivity contribution < 1.29 is 17.9 Å². The average Bonchev–Trinajstić information content (AvgIpc) is 3.34. The van der Waals surface area contributed by atoms with Gasteiger partial charge in [0.25, 0.3) is 15.9 Å². The Kier molecular flexibility index (Phi) is 7.37. The number of aromatic nitrogens is 4. The molecule has 1 fully saturated rings. The molecule has 0 spiro atoms. The highest BCUT2D eigenvalue weighted by atomic mass is 32.2. The molecule has 3 aromatic rings. The molecule has 1 amide bonds. The first-order valence-corrected chi connectivity index (χ1v) is 14.0. The molecular formula is C26H35N7O4S. The SMILES string of the molecule is Cc1cc(OCC(C)C)nn1-c1ccc(C(=O)NS(=O)(=O)c2ncccc2N)c(N2C[C@@H](C)CC2(C)C)n1. The molecule has 1 aliphatic heterocycles. The number of nitrogens with one attached hydrogen (secondary N) is 1. The number of nitrogens with zero attached hydrogens (tertiary/aromatic N) is 5. The van der Waals surface area contributed by atoms with Gasteiger partial charge in [0.05, 0.1) is 17.9 Å². The van der Waals surface area contributed by atoms with E-state index >= 15 is 0 Å². The van der Waals surface area contributed by atoms with Crippen LogP contribution in [0.25, 0.3) is 5.82 Å². The van der Waals surface area contributed by atoms with Crippen molar-refractivity contribution in [3.8, 4) is 11.7 Å². The van der Waals surface area contributed by atoms with E-state index in [0.29, 0.717) is 42.5 Å². The second-order valence-corrected chi connectivity index (χ2v) is 12.4. The van der Waals surface area contributed by atoms with Gasteiger partial charge in [0.2, 0.25) is 5.88 Å². The Bertz CT molecular complexity index is 1450. The van der Waals surface area contributed by atoms with Crippen LogP contribution in [0.15, 0.2) is 41.6 Å². The van der Waals surface area contributed by atoms with Gasteiger partial charge in [-0.3, -0.25) is 4.79 Å². The fourth-order valence-corrected chi connectivity index (χ4v) is 5.78. The molecule has 1 atom stereocenters. The summed E-state index contributed by atoms with van der Waals surface area (Å²) in [6.45, 7) is 13.5. The number of aryl methyl sites for hydroxylation is 1. The van der Waals surface area contributed by atoms with E-state index in [2.05, 4.69) is 49.4 Å². The highest BCUT2D eigenvalue weighted by Crippen LogP contribution is 2.38. The molecule has 11 nitrogen and oxygen atoms in total. The Balaban J connectivity index is 1.75. The zero-order chi connectivity index (χ0) is 27.8. The number of rotatable bonds is 8. The number of ether oxygens (including phenoxy) is 1. The second kappa shape index (κ2) is 10.2. The molecule has 3 N–H and O–H groups in total. The number of nitrogens with two attached hydrogens (primary N) is 1. The van der Waals surface area contributed by atoms with E-state index in [1.165, 1.54) is 18.3 Å². The molecule has 0 bridgehead atoms. The van der Waals surface area contributed by atoms with Crippen LogP contribution in [0.2, 0.25) is 0 Å². The van der Waals surface area contributed by atoms with Crippen LogP contribution < -0.4 is 20.1 Å². The number of amides is 1. The number of sulfonamides is 1. The van der Waals surface area contributed by atoms with E-state index in [0.717, 1.165) is 12.1 Å². The maximum atomic E-state index is 13.4. The van der Waals surface area contributed by atoms with Gasteiger partial charge >= 0.3 is 0 Å². The van der Waals surface area contributed by atoms with Gasteiger partial charge in [-0.1, -0.05) is 20.8 Å². The summed E-state index contributed by atoms with van der Waals surface area (Å²) < 4.78 is 35.5. The first kappa shape index (κ1) is 27.4. The van der Waals surface area contributed by atoms with Crippen LogP contribution in [0.4, 0.5) is 11.5 Å². The van der Waals surface area contributed by atoms with Crippen molar-refractivity contribution in [3.63, 3.8) is 0 Å². The van der Waals surface area contributed by atoms with Crippen LogP contribution in [-0.4, -0.2) is 52.8 Å². The zero-order valence-electron chi connectivity index (χ0n) is 22.6. The summed E-state index contributed by atoms with van der Waals surface area (Å²) in [5, 5.41) is 4.14. The van der Waals surface area contributed by atoms with Crippen molar-refractivity contribution in [3.05, 3.63) is 47.8 Å². The molecule has 1 aliphatic rings. The third-order valence-electron chi connectivity index (χ3n) is 6.36. The third kappa shape index (κ3) is 5.59. The van der Waals surface area contributed by atoms with Gasteiger partial charge in [0.1, 0.15) is 5.82 Å². The van der Waals surface area contributed by atoms with Gasteiger partial charge in [0, 0.05) is 30.0 Å². The van der Waals surface area contributed by atoms with E-state index < -0.39 is 21.0 Å². The molecule has 0 aliphatic carbocycles. The molecule has 38 heavy (non-hydrogen) atoms. The molecule has 12 heteroatoms. The van der Waals surface area contributed by atoms with Gasteiger partial charge < -0.3 is 15.4 Å². The summed E-state index contributed by atoms with van der Waals surface area (Å²) in [4.78, 5) is 24.1. The lowest BCUT2D eigenvalue weighted by Crippen LogP contribution is -2.41. The van der Waals surface area contributed by atoms with Crippen LogP contribution >= 0.6 is 0 Å². The quantitative estimate of drug-likeness (QED) is 0.438. The lowest BCUT2D eigenvalue weighted by atomic mass is 9.97. The molecule has 1 saturated heterocycles. The second-order valence-electron chi connectivity index (χ2n) is 10.8. The van der Waals surface area contributed by atoms with Crippen LogP contribution in [0.5, 0.6) is 5.88 Å².